The number of anilines is 1. The molecule has 2 N–H and O–H groups in total. The van der Waals surface area contributed by atoms with E-state index in [4.69, 9.17) is 0 Å². The summed E-state index contributed by atoms with van der Waals surface area (Å²) in [6.45, 7) is 0. The van der Waals surface area contributed by atoms with Gasteiger partial charge in [-0.15, -0.1) is 0 Å². The fourth-order valence-corrected chi connectivity index (χ4v) is 2.78. The maximum Gasteiger partial charge on any atom is 0.255 e. The number of aromatic amines is 1. The zero-order chi connectivity index (χ0) is 16.7. The predicted octanol–water partition coefficient (Wildman–Crippen LogP) is 2.67. The van der Waals surface area contributed by atoms with Gasteiger partial charge in [0.2, 0.25) is 5.43 Å². The number of hydrogen-bond donors (Lipinski definition) is 2. The first-order valence-electron chi connectivity index (χ1n) is 7.47. The van der Waals surface area contributed by atoms with Crippen LogP contribution < -0.4 is 10.7 Å². The van der Waals surface area contributed by atoms with Crippen molar-refractivity contribution in [2.45, 2.75) is 0 Å². The standard InChI is InChI=1S/C18H14N4O2/c1-22-16-15(10-19-22)21-14-8-7-12(9-13(14)17(16)23)20-18(24)11-5-3-2-4-6-11/h2-10H,1H3,(H,20,24)(H,21,23). The first-order valence-corrected chi connectivity index (χ1v) is 7.47. The van der Waals surface area contributed by atoms with E-state index in [1.165, 1.54) is 0 Å². The number of amides is 1. The van der Waals surface area contributed by atoms with Gasteiger partial charge in [-0.1, -0.05) is 18.2 Å². The average Bonchev–Trinajstić information content (AvgIpc) is 2.97. The molecule has 0 saturated heterocycles. The Morgan fingerprint density at radius 3 is 2.71 bits per heavy atom. The third-order valence-corrected chi connectivity index (χ3v) is 3.98. The van der Waals surface area contributed by atoms with E-state index in [1.807, 2.05) is 6.07 Å². The fourth-order valence-electron chi connectivity index (χ4n) is 2.78. The lowest BCUT2D eigenvalue weighted by Crippen LogP contribution is -2.13. The van der Waals surface area contributed by atoms with E-state index >= 15 is 0 Å². The Morgan fingerprint density at radius 2 is 1.92 bits per heavy atom. The third-order valence-electron chi connectivity index (χ3n) is 3.98. The Kier molecular flexibility index (Phi) is 3.16. The maximum absolute atomic E-state index is 12.7. The summed E-state index contributed by atoms with van der Waals surface area (Å²) in [5.41, 5.74) is 2.93. The SMILES string of the molecule is Cn1ncc2[nH]c3ccc(NC(=O)c4ccccc4)cc3c(=O)c21. The van der Waals surface area contributed by atoms with Gasteiger partial charge in [-0.25, -0.2) is 0 Å². The van der Waals surface area contributed by atoms with Gasteiger partial charge in [0, 0.05) is 23.7 Å². The number of carbonyl (C=O) groups is 1. The van der Waals surface area contributed by atoms with E-state index in [9.17, 15) is 9.59 Å². The number of pyridine rings is 1. The second-order valence-electron chi connectivity index (χ2n) is 5.57. The first kappa shape index (κ1) is 14.2. The van der Waals surface area contributed by atoms with Crippen LogP contribution in [0, 0.1) is 0 Å². The Balaban J connectivity index is 1.79. The Morgan fingerprint density at radius 1 is 1.12 bits per heavy atom. The normalized spacial score (nSPS) is 11.0. The quantitative estimate of drug-likeness (QED) is 0.596. The van der Waals surface area contributed by atoms with Gasteiger partial charge in [0.1, 0.15) is 5.52 Å². The maximum atomic E-state index is 12.7. The van der Waals surface area contributed by atoms with E-state index in [2.05, 4.69) is 15.4 Å². The van der Waals surface area contributed by atoms with Crippen LogP contribution in [0.1, 0.15) is 10.4 Å². The molecule has 0 unspecified atom stereocenters. The van der Waals surface area contributed by atoms with Crippen molar-refractivity contribution in [1.82, 2.24) is 14.8 Å². The van der Waals surface area contributed by atoms with Gasteiger partial charge >= 0.3 is 0 Å². The topological polar surface area (TPSA) is 79.8 Å². The fraction of sp³-hybridized carbons (Fsp3) is 0.0556. The van der Waals surface area contributed by atoms with Crippen LogP contribution in [-0.2, 0) is 7.05 Å². The van der Waals surface area contributed by atoms with Crippen LogP contribution in [0.4, 0.5) is 5.69 Å². The van der Waals surface area contributed by atoms with Gasteiger partial charge in [0.05, 0.1) is 17.2 Å². The van der Waals surface area contributed by atoms with E-state index in [0.717, 1.165) is 0 Å². The summed E-state index contributed by atoms with van der Waals surface area (Å²) in [5, 5.41) is 7.44. The van der Waals surface area contributed by atoms with Gasteiger partial charge in [-0.2, -0.15) is 5.10 Å². The van der Waals surface area contributed by atoms with Crippen molar-refractivity contribution >= 4 is 33.5 Å². The van der Waals surface area contributed by atoms with E-state index in [0.29, 0.717) is 33.2 Å². The molecule has 0 spiro atoms. The molecule has 0 aliphatic heterocycles. The van der Waals surface area contributed by atoms with Crippen LogP contribution in [-0.4, -0.2) is 20.7 Å². The minimum absolute atomic E-state index is 0.116. The number of hydrogen-bond acceptors (Lipinski definition) is 3. The van der Waals surface area contributed by atoms with Crippen molar-refractivity contribution in [3.8, 4) is 0 Å². The number of benzene rings is 2. The summed E-state index contributed by atoms with van der Waals surface area (Å²) in [6, 6.07) is 14.2. The van der Waals surface area contributed by atoms with Crippen LogP contribution >= 0.6 is 0 Å². The van der Waals surface area contributed by atoms with Crippen LogP contribution in [0.5, 0.6) is 0 Å². The molecule has 1 amide bonds. The van der Waals surface area contributed by atoms with Crippen molar-refractivity contribution in [3.63, 3.8) is 0 Å². The number of aromatic nitrogens is 3. The Labute approximate surface area is 136 Å². The third kappa shape index (κ3) is 2.25. The lowest BCUT2D eigenvalue weighted by atomic mass is 10.1. The summed E-state index contributed by atoms with van der Waals surface area (Å²) in [4.78, 5) is 28.1. The number of carbonyl (C=O) groups excluding carboxylic acids is 1. The molecular formula is C18H14N4O2. The molecule has 4 aromatic rings. The molecule has 4 rings (SSSR count). The van der Waals surface area contributed by atoms with Gasteiger partial charge in [0.25, 0.3) is 5.91 Å². The second-order valence-corrected chi connectivity index (χ2v) is 5.57. The van der Waals surface area contributed by atoms with Gasteiger partial charge in [0.15, 0.2) is 0 Å². The number of nitrogens with zero attached hydrogens (tertiary/aromatic N) is 2. The largest absolute Gasteiger partial charge is 0.352 e. The lowest BCUT2D eigenvalue weighted by Gasteiger charge is -2.07. The van der Waals surface area contributed by atoms with Gasteiger partial charge < -0.3 is 10.3 Å². The molecule has 6 heteroatoms. The molecule has 6 nitrogen and oxygen atoms in total. The molecule has 0 fully saturated rings. The minimum atomic E-state index is -0.215. The van der Waals surface area contributed by atoms with Crippen LogP contribution in [0.25, 0.3) is 21.9 Å². The second kappa shape index (κ2) is 5.34. The average molecular weight is 318 g/mol. The molecule has 24 heavy (non-hydrogen) atoms. The molecule has 2 aromatic heterocycles. The summed E-state index contributed by atoms with van der Waals surface area (Å²) in [7, 11) is 1.73. The summed E-state index contributed by atoms with van der Waals surface area (Å²) < 4.78 is 1.54. The molecule has 0 bridgehead atoms. The molecule has 0 atom stereocenters. The van der Waals surface area contributed by atoms with E-state index in [1.54, 1.807) is 60.4 Å². The number of fused-ring (bicyclic) bond motifs is 2. The molecular weight excluding hydrogens is 304 g/mol. The molecule has 2 heterocycles. The zero-order valence-electron chi connectivity index (χ0n) is 12.9. The Hall–Kier alpha value is -3.41. The molecule has 2 aromatic carbocycles. The molecule has 0 aliphatic rings. The van der Waals surface area contributed by atoms with E-state index in [-0.39, 0.29) is 11.3 Å². The Bertz CT molecular complexity index is 1130. The number of H-pyrrole nitrogens is 1. The van der Waals surface area contributed by atoms with Crippen molar-refractivity contribution < 1.29 is 4.79 Å². The van der Waals surface area contributed by atoms with Crippen molar-refractivity contribution in [1.29, 1.82) is 0 Å². The lowest BCUT2D eigenvalue weighted by molar-refractivity contribution is 0.102. The van der Waals surface area contributed by atoms with Crippen LogP contribution in [0.15, 0.2) is 59.5 Å². The number of aryl methyl sites for hydroxylation is 1. The molecule has 0 radical (unpaired) electrons. The molecule has 0 saturated carbocycles. The zero-order valence-corrected chi connectivity index (χ0v) is 12.9. The van der Waals surface area contributed by atoms with Crippen molar-refractivity contribution in [2.75, 3.05) is 5.32 Å². The van der Waals surface area contributed by atoms with Crippen molar-refractivity contribution in [3.05, 3.63) is 70.5 Å². The summed E-state index contributed by atoms with van der Waals surface area (Å²) in [6.07, 6.45) is 1.63. The highest BCUT2D eigenvalue weighted by molar-refractivity contribution is 6.05. The van der Waals surface area contributed by atoms with Gasteiger partial charge in [-0.3, -0.25) is 14.3 Å². The van der Waals surface area contributed by atoms with Gasteiger partial charge in [-0.05, 0) is 30.3 Å². The van der Waals surface area contributed by atoms with Crippen LogP contribution in [0.2, 0.25) is 0 Å². The highest BCUT2D eigenvalue weighted by Crippen LogP contribution is 2.19. The molecule has 0 aliphatic carbocycles. The van der Waals surface area contributed by atoms with E-state index < -0.39 is 0 Å². The van der Waals surface area contributed by atoms with Crippen molar-refractivity contribution in [2.24, 2.45) is 7.05 Å². The predicted molar refractivity (Wildman–Crippen MR) is 93.2 cm³/mol. The first-order chi connectivity index (χ1) is 11.6. The highest BCUT2D eigenvalue weighted by atomic mass is 16.1. The minimum Gasteiger partial charge on any atom is -0.352 e. The van der Waals surface area contributed by atoms with Crippen LogP contribution in [0.3, 0.4) is 0 Å². The highest BCUT2D eigenvalue weighted by Gasteiger charge is 2.11. The number of rotatable bonds is 2. The molecule has 118 valence electrons. The smallest absolute Gasteiger partial charge is 0.255 e. The number of nitrogens with one attached hydrogen (secondary N) is 2. The monoisotopic (exact) mass is 318 g/mol. The summed E-state index contributed by atoms with van der Waals surface area (Å²) in [5.74, 6) is -0.215. The summed E-state index contributed by atoms with van der Waals surface area (Å²) >= 11 is 0.